The second-order valence-corrected chi connectivity index (χ2v) is 5.81. The lowest BCUT2D eigenvalue weighted by atomic mass is 10.0. The predicted octanol–water partition coefficient (Wildman–Crippen LogP) is 4.97. The summed E-state index contributed by atoms with van der Waals surface area (Å²) in [6.45, 7) is 4.14. The average Bonchev–Trinajstić information content (AvgIpc) is 2.77. The van der Waals surface area contributed by atoms with E-state index in [0.717, 1.165) is 28.1 Å². The molecule has 1 nitrogen and oxygen atoms in total. The zero-order valence-corrected chi connectivity index (χ0v) is 11.7. The zero-order valence-electron chi connectivity index (χ0n) is 10.9. The Bertz CT molecular complexity index is 746. The molecule has 3 heteroatoms. The predicted molar refractivity (Wildman–Crippen MR) is 79.1 cm³/mol. The van der Waals surface area contributed by atoms with Crippen molar-refractivity contribution >= 4 is 21.6 Å². The Hall–Kier alpha value is -1.74. The summed E-state index contributed by atoms with van der Waals surface area (Å²) in [4.78, 5) is 4.58. The minimum absolute atomic E-state index is 0.198. The van der Waals surface area contributed by atoms with Gasteiger partial charge >= 0.3 is 0 Å². The second kappa shape index (κ2) is 4.74. The van der Waals surface area contributed by atoms with E-state index in [1.54, 1.807) is 23.5 Å². The number of fused-ring (bicyclic) bond motifs is 1. The Morgan fingerprint density at radius 3 is 2.74 bits per heavy atom. The van der Waals surface area contributed by atoms with Crippen LogP contribution in [0, 0.1) is 12.7 Å². The molecule has 2 aromatic carbocycles. The Kier molecular flexibility index (Phi) is 3.07. The van der Waals surface area contributed by atoms with Gasteiger partial charge in [0.1, 0.15) is 5.82 Å². The van der Waals surface area contributed by atoms with Crippen LogP contribution in [0.4, 0.5) is 4.39 Å². The molecule has 0 spiro atoms. The molecule has 0 atom stereocenters. The maximum absolute atomic E-state index is 13.3. The van der Waals surface area contributed by atoms with Gasteiger partial charge in [0.25, 0.3) is 0 Å². The number of nitrogens with zero attached hydrogens (tertiary/aromatic N) is 1. The van der Waals surface area contributed by atoms with Gasteiger partial charge < -0.3 is 0 Å². The molecule has 0 aliphatic heterocycles. The van der Waals surface area contributed by atoms with Crippen molar-refractivity contribution in [3.8, 4) is 11.1 Å². The van der Waals surface area contributed by atoms with E-state index in [2.05, 4.69) is 24.0 Å². The Morgan fingerprint density at radius 2 is 2.00 bits per heavy atom. The molecule has 3 rings (SSSR count). The summed E-state index contributed by atoms with van der Waals surface area (Å²) in [5.74, 6) is -0.198. The van der Waals surface area contributed by atoms with Crippen LogP contribution in [0.2, 0.25) is 0 Å². The third kappa shape index (κ3) is 2.26. The summed E-state index contributed by atoms with van der Waals surface area (Å²) in [5.41, 5.74) is 4.29. The lowest BCUT2D eigenvalue weighted by Gasteiger charge is -2.05. The average molecular weight is 271 g/mol. The fourth-order valence-corrected chi connectivity index (χ4v) is 3.23. The number of benzene rings is 2. The highest BCUT2D eigenvalue weighted by Crippen LogP contribution is 2.31. The number of aryl methyl sites for hydroxylation is 2. The standard InChI is InChI=1S/C16H14FNS/c1-3-11-7-13(12-5-4-6-14(17)8-12)9-15-16(11)18-10(2)19-15/h4-9H,3H2,1-2H3. The fourth-order valence-electron chi connectivity index (χ4n) is 2.31. The number of thiazole rings is 1. The smallest absolute Gasteiger partial charge is 0.123 e. The van der Waals surface area contributed by atoms with Crippen molar-refractivity contribution in [2.75, 3.05) is 0 Å². The molecule has 3 aromatic rings. The summed E-state index contributed by atoms with van der Waals surface area (Å²) in [6.07, 6.45) is 0.933. The molecule has 0 bridgehead atoms. The van der Waals surface area contributed by atoms with Gasteiger partial charge in [-0.2, -0.15) is 0 Å². The van der Waals surface area contributed by atoms with Gasteiger partial charge in [-0.15, -0.1) is 11.3 Å². The lowest BCUT2D eigenvalue weighted by Crippen LogP contribution is -1.87. The van der Waals surface area contributed by atoms with Crippen molar-refractivity contribution in [2.45, 2.75) is 20.3 Å². The highest BCUT2D eigenvalue weighted by atomic mass is 32.1. The summed E-state index contributed by atoms with van der Waals surface area (Å²) >= 11 is 1.69. The second-order valence-electron chi connectivity index (χ2n) is 4.58. The molecule has 0 radical (unpaired) electrons. The molecule has 0 amide bonds. The number of hydrogen-bond acceptors (Lipinski definition) is 2. The van der Waals surface area contributed by atoms with Crippen LogP contribution in [-0.2, 0) is 6.42 Å². The normalized spacial score (nSPS) is 11.1. The van der Waals surface area contributed by atoms with Crippen molar-refractivity contribution in [3.63, 3.8) is 0 Å². The van der Waals surface area contributed by atoms with Crippen LogP contribution in [0.3, 0.4) is 0 Å². The molecule has 0 aliphatic carbocycles. The molecular formula is C16H14FNS. The Morgan fingerprint density at radius 1 is 1.16 bits per heavy atom. The maximum atomic E-state index is 13.3. The van der Waals surface area contributed by atoms with Gasteiger partial charge in [-0.1, -0.05) is 19.1 Å². The minimum atomic E-state index is -0.198. The van der Waals surface area contributed by atoms with Crippen LogP contribution >= 0.6 is 11.3 Å². The SMILES string of the molecule is CCc1cc(-c2cccc(F)c2)cc2sc(C)nc12. The van der Waals surface area contributed by atoms with Crippen LogP contribution < -0.4 is 0 Å². The zero-order chi connectivity index (χ0) is 13.4. The van der Waals surface area contributed by atoms with Gasteiger partial charge in [0.15, 0.2) is 0 Å². The molecule has 19 heavy (non-hydrogen) atoms. The fraction of sp³-hybridized carbons (Fsp3) is 0.188. The first-order valence-corrected chi connectivity index (χ1v) is 7.15. The first-order chi connectivity index (χ1) is 9.17. The molecule has 0 N–H and O–H groups in total. The third-order valence-corrected chi connectivity index (χ3v) is 4.14. The van der Waals surface area contributed by atoms with Gasteiger partial charge in [0.05, 0.1) is 15.2 Å². The van der Waals surface area contributed by atoms with E-state index in [0.29, 0.717) is 0 Å². The van der Waals surface area contributed by atoms with Crippen LogP contribution in [-0.4, -0.2) is 4.98 Å². The highest BCUT2D eigenvalue weighted by molar-refractivity contribution is 7.18. The number of halogens is 1. The summed E-state index contributed by atoms with van der Waals surface area (Å²) in [5, 5.41) is 1.07. The van der Waals surface area contributed by atoms with Crippen LogP contribution in [0.1, 0.15) is 17.5 Å². The topological polar surface area (TPSA) is 12.9 Å². The monoisotopic (exact) mass is 271 g/mol. The molecule has 0 unspecified atom stereocenters. The van der Waals surface area contributed by atoms with E-state index in [-0.39, 0.29) is 5.82 Å². The molecule has 0 saturated heterocycles. The number of aromatic nitrogens is 1. The molecular weight excluding hydrogens is 257 g/mol. The van der Waals surface area contributed by atoms with E-state index in [1.807, 2.05) is 13.0 Å². The van der Waals surface area contributed by atoms with Crippen molar-refractivity contribution in [1.82, 2.24) is 4.98 Å². The Labute approximate surface area is 115 Å². The maximum Gasteiger partial charge on any atom is 0.123 e. The molecule has 1 heterocycles. The lowest BCUT2D eigenvalue weighted by molar-refractivity contribution is 0.628. The molecule has 96 valence electrons. The summed E-state index contributed by atoms with van der Waals surface area (Å²) < 4.78 is 14.5. The van der Waals surface area contributed by atoms with Crippen LogP contribution in [0.15, 0.2) is 36.4 Å². The summed E-state index contributed by atoms with van der Waals surface area (Å²) in [6, 6.07) is 11.0. The van der Waals surface area contributed by atoms with E-state index < -0.39 is 0 Å². The van der Waals surface area contributed by atoms with E-state index >= 15 is 0 Å². The Balaban J connectivity index is 2.24. The number of hydrogen-bond donors (Lipinski definition) is 0. The van der Waals surface area contributed by atoms with E-state index in [4.69, 9.17) is 0 Å². The molecule has 1 aromatic heterocycles. The van der Waals surface area contributed by atoms with Crippen molar-refractivity contribution < 1.29 is 4.39 Å². The molecule has 0 aliphatic rings. The molecule has 0 fully saturated rings. The van der Waals surface area contributed by atoms with Crippen molar-refractivity contribution in [1.29, 1.82) is 0 Å². The first-order valence-electron chi connectivity index (χ1n) is 6.33. The van der Waals surface area contributed by atoms with Crippen LogP contribution in [0.25, 0.3) is 21.3 Å². The van der Waals surface area contributed by atoms with Gasteiger partial charge in [0.2, 0.25) is 0 Å². The van der Waals surface area contributed by atoms with Gasteiger partial charge in [-0.3, -0.25) is 0 Å². The third-order valence-electron chi connectivity index (χ3n) is 3.22. The van der Waals surface area contributed by atoms with Crippen molar-refractivity contribution in [2.24, 2.45) is 0 Å². The molecule has 0 saturated carbocycles. The minimum Gasteiger partial charge on any atom is -0.241 e. The van der Waals surface area contributed by atoms with Crippen molar-refractivity contribution in [3.05, 3.63) is 52.8 Å². The first kappa shape index (κ1) is 12.3. The number of rotatable bonds is 2. The van der Waals surface area contributed by atoms with Gasteiger partial charge in [0, 0.05) is 0 Å². The summed E-state index contributed by atoms with van der Waals surface area (Å²) in [7, 11) is 0. The largest absolute Gasteiger partial charge is 0.241 e. The highest BCUT2D eigenvalue weighted by Gasteiger charge is 2.09. The van der Waals surface area contributed by atoms with E-state index in [1.165, 1.54) is 16.3 Å². The van der Waals surface area contributed by atoms with Gasteiger partial charge in [-0.05, 0) is 54.3 Å². The van der Waals surface area contributed by atoms with Crippen LogP contribution in [0.5, 0.6) is 0 Å². The van der Waals surface area contributed by atoms with E-state index in [9.17, 15) is 4.39 Å². The van der Waals surface area contributed by atoms with Gasteiger partial charge in [-0.25, -0.2) is 9.37 Å². The quantitative estimate of drug-likeness (QED) is 0.641.